The van der Waals surface area contributed by atoms with E-state index in [0.29, 0.717) is 0 Å². The molecule has 0 saturated carbocycles. The Morgan fingerprint density at radius 2 is 1.03 bits per heavy atom. The minimum absolute atomic E-state index is 2.24. The molecular weight excluding hydrogens is 475 g/mol. The van der Waals surface area contributed by atoms with Crippen LogP contribution in [-0.4, -0.2) is 61.7 Å². The van der Waals surface area contributed by atoms with Gasteiger partial charge in [-0.05, 0) is 0 Å². The molecule has 2 atom stereocenters. The van der Waals surface area contributed by atoms with Crippen molar-refractivity contribution < 1.29 is 84.1 Å². The van der Waals surface area contributed by atoms with Crippen LogP contribution in [0.2, 0.25) is 0 Å². The molecule has 0 saturated heterocycles. The smallest absolute Gasteiger partial charge is 0.338 e. The van der Waals surface area contributed by atoms with Gasteiger partial charge in [0.15, 0.2) is 0 Å². The zero-order valence-electron chi connectivity index (χ0n) is 12.7. The summed E-state index contributed by atoms with van der Waals surface area (Å²) in [5.41, 5.74) is 0. The van der Waals surface area contributed by atoms with E-state index in [-0.39, 0.29) is 0 Å². The lowest BCUT2D eigenvalue weighted by atomic mass is 10.1. The molecule has 29 heavy (non-hydrogen) atoms. The van der Waals surface area contributed by atoms with Crippen molar-refractivity contribution in [2.45, 2.75) is 55.1 Å². The van der Waals surface area contributed by atoms with Crippen LogP contribution in [0.25, 0.3) is 0 Å². The molecule has 2 unspecified atom stereocenters. The van der Waals surface area contributed by atoms with Gasteiger partial charge in [0.25, 0.3) is 12.5 Å². The maximum Gasteiger partial charge on any atom is 0.440 e. The number of hydrogen-bond acceptors (Lipinski definition) is 2. The summed E-state index contributed by atoms with van der Waals surface area (Å²) >= 11 is 0. The van der Waals surface area contributed by atoms with Crippen LogP contribution in [-0.2, 0) is 9.47 Å². The summed E-state index contributed by atoms with van der Waals surface area (Å²) in [4.78, 5) is 0. The number of halogens is 17. The third kappa shape index (κ3) is 6.11. The molecule has 0 aromatic carbocycles. The quantitative estimate of drug-likeness (QED) is 0.318. The van der Waals surface area contributed by atoms with Gasteiger partial charge in [0.1, 0.15) is 6.61 Å². The zero-order chi connectivity index (χ0) is 23.9. The van der Waals surface area contributed by atoms with Gasteiger partial charge in [0.05, 0.1) is 0 Å². The fraction of sp³-hybridized carbons (Fsp3) is 1.00. The van der Waals surface area contributed by atoms with E-state index in [1.54, 1.807) is 0 Å². The molecule has 19 heteroatoms. The summed E-state index contributed by atoms with van der Waals surface area (Å²) in [6, 6.07) is 0. The van der Waals surface area contributed by atoms with Gasteiger partial charge in [-0.25, -0.2) is 13.2 Å². The summed E-state index contributed by atoms with van der Waals surface area (Å²) in [7, 11) is 0. The highest BCUT2D eigenvalue weighted by atomic mass is 19.4. The minimum Gasteiger partial charge on any atom is -0.338 e. The van der Waals surface area contributed by atoms with Crippen molar-refractivity contribution in [3.8, 4) is 0 Å². The van der Waals surface area contributed by atoms with Gasteiger partial charge in [-0.3, -0.25) is 4.74 Å². The largest absolute Gasteiger partial charge is 0.440 e. The van der Waals surface area contributed by atoms with Crippen molar-refractivity contribution in [2.75, 3.05) is 6.61 Å². The second kappa shape index (κ2) is 8.10. The van der Waals surface area contributed by atoms with E-state index < -0.39 is 61.7 Å². The number of rotatable bonds is 9. The van der Waals surface area contributed by atoms with Crippen molar-refractivity contribution >= 4 is 0 Å². The summed E-state index contributed by atoms with van der Waals surface area (Å²) in [6.07, 6.45) is -35.5. The molecule has 0 aromatic rings. The third-order valence-corrected chi connectivity index (χ3v) is 2.68. The van der Waals surface area contributed by atoms with E-state index in [1.165, 1.54) is 0 Å². The summed E-state index contributed by atoms with van der Waals surface area (Å²) in [5.74, 6) is -20.6. The van der Waals surface area contributed by atoms with Gasteiger partial charge in [-0.2, -0.15) is 61.5 Å². The predicted octanol–water partition coefficient (Wildman–Crippen LogP) is 5.57. The molecular formula is C10H5F17O2. The highest BCUT2D eigenvalue weighted by Crippen LogP contribution is 2.49. The normalized spacial score (nSPS) is 17.6. The van der Waals surface area contributed by atoms with E-state index in [1.807, 2.05) is 0 Å². The molecule has 0 aromatic heterocycles. The first-order valence-electron chi connectivity index (χ1n) is 6.27. The predicted molar refractivity (Wildman–Crippen MR) is 53.6 cm³/mol. The average molecular weight is 480 g/mol. The lowest BCUT2D eigenvalue weighted by Gasteiger charge is -2.33. The lowest BCUT2D eigenvalue weighted by Crippen LogP contribution is -2.60. The maximum atomic E-state index is 13.0. The molecule has 176 valence electrons. The average Bonchev–Trinajstić information content (AvgIpc) is 2.47. The molecule has 0 fully saturated rings. The zero-order valence-corrected chi connectivity index (χ0v) is 12.7. The van der Waals surface area contributed by atoms with Gasteiger partial charge in [-0.1, -0.05) is 0 Å². The topological polar surface area (TPSA) is 18.5 Å². The van der Waals surface area contributed by atoms with E-state index in [2.05, 4.69) is 9.47 Å². The van der Waals surface area contributed by atoms with Crippen LogP contribution < -0.4 is 0 Å². The Hall–Kier alpha value is -1.27. The van der Waals surface area contributed by atoms with Crippen LogP contribution >= 0.6 is 0 Å². The first-order valence-corrected chi connectivity index (χ1v) is 6.27. The first-order chi connectivity index (χ1) is 12.4. The fourth-order valence-electron chi connectivity index (χ4n) is 1.24. The lowest BCUT2D eigenvalue weighted by molar-refractivity contribution is -0.428. The monoisotopic (exact) mass is 480 g/mol. The Labute approximate surface area is 147 Å². The van der Waals surface area contributed by atoms with E-state index >= 15 is 0 Å². The highest BCUT2D eigenvalue weighted by molar-refractivity contribution is 4.98. The maximum absolute atomic E-state index is 13.0. The molecule has 0 spiro atoms. The molecule has 0 aliphatic heterocycles. The van der Waals surface area contributed by atoms with Crippen LogP contribution in [0.1, 0.15) is 0 Å². The van der Waals surface area contributed by atoms with Crippen LogP contribution in [0.5, 0.6) is 0 Å². The van der Waals surface area contributed by atoms with Crippen molar-refractivity contribution in [1.82, 2.24) is 0 Å². The van der Waals surface area contributed by atoms with Crippen molar-refractivity contribution in [2.24, 2.45) is 0 Å². The van der Waals surface area contributed by atoms with Crippen LogP contribution in [0.3, 0.4) is 0 Å². The molecule has 2 nitrogen and oxygen atoms in total. The van der Waals surface area contributed by atoms with E-state index in [4.69, 9.17) is 0 Å². The molecule has 0 rings (SSSR count). The van der Waals surface area contributed by atoms with Gasteiger partial charge in [0.2, 0.25) is 0 Å². The second-order valence-electron chi connectivity index (χ2n) is 4.97. The van der Waals surface area contributed by atoms with Crippen LogP contribution in [0.15, 0.2) is 0 Å². The summed E-state index contributed by atoms with van der Waals surface area (Å²) in [5, 5.41) is 0. The molecule has 0 heterocycles. The third-order valence-electron chi connectivity index (χ3n) is 2.68. The van der Waals surface area contributed by atoms with Crippen molar-refractivity contribution in [1.29, 1.82) is 0 Å². The molecule has 0 amide bonds. The first kappa shape index (κ1) is 27.7. The Kier molecular flexibility index (Phi) is 7.75. The van der Waals surface area contributed by atoms with Crippen molar-refractivity contribution in [3.05, 3.63) is 0 Å². The Bertz CT molecular complexity index is 535. The second-order valence-corrected chi connectivity index (χ2v) is 4.97. The van der Waals surface area contributed by atoms with E-state index in [0.717, 1.165) is 0 Å². The molecule has 0 radical (unpaired) electrons. The van der Waals surface area contributed by atoms with Crippen LogP contribution in [0.4, 0.5) is 74.6 Å². The van der Waals surface area contributed by atoms with Gasteiger partial charge in [-0.15, -0.1) is 0 Å². The van der Waals surface area contributed by atoms with Crippen LogP contribution in [0, 0.1) is 0 Å². The van der Waals surface area contributed by atoms with Gasteiger partial charge >= 0.3 is 42.7 Å². The summed E-state index contributed by atoms with van der Waals surface area (Å²) < 4.78 is 216. The van der Waals surface area contributed by atoms with Gasteiger partial charge < -0.3 is 4.74 Å². The number of ether oxygens (including phenoxy) is 2. The Morgan fingerprint density at radius 1 is 0.621 bits per heavy atom. The van der Waals surface area contributed by atoms with E-state index in [9.17, 15) is 74.6 Å². The number of alkyl halides is 17. The standard InChI is InChI=1S/C10H5F17O2/c11-2(7(18,19)20)9(24,25)29-4(8(21,22)23)28-1-5(14,15)10(26,27)6(16,17)3(12)13/h2-4H,1H2. The molecule has 0 aliphatic carbocycles. The van der Waals surface area contributed by atoms with Crippen molar-refractivity contribution in [3.63, 3.8) is 0 Å². The highest BCUT2D eigenvalue weighted by Gasteiger charge is 2.75. The summed E-state index contributed by atoms with van der Waals surface area (Å²) in [6.45, 7) is -3.68. The Balaban J connectivity index is 5.64. The molecule has 0 N–H and O–H groups in total. The Morgan fingerprint density at radius 3 is 1.34 bits per heavy atom. The molecule has 0 aliphatic rings. The fourth-order valence-corrected chi connectivity index (χ4v) is 1.24. The SMILES string of the molecule is FC(C(F)(F)F)C(F)(F)OC(OCC(F)(F)C(F)(F)C(F)(F)C(F)F)C(F)(F)F. The minimum atomic E-state index is -7.12. The molecule has 0 bridgehead atoms. The number of hydrogen-bond donors (Lipinski definition) is 0. The van der Waals surface area contributed by atoms with Gasteiger partial charge in [0, 0.05) is 0 Å².